The summed E-state index contributed by atoms with van der Waals surface area (Å²) in [4.78, 5) is 23.2. The van der Waals surface area contributed by atoms with Gasteiger partial charge in [-0.15, -0.1) is 0 Å². The highest BCUT2D eigenvalue weighted by Crippen LogP contribution is 2.43. The lowest BCUT2D eigenvalue weighted by Crippen LogP contribution is -2.45. The van der Waals surface area contributed by atoms with Crippen molar-refractivity contribution < 1.29 is 32.9 Å². The van der Waals surface area contributed by atoms with Crippen molar-refractivity contribution in [1.29, 1.82) is 0 Å². The third-order valence-electron chi connectivity index (χ3n) is 12.9. The number of amides is 1. The molecule has 70 heavy (non-hydrogen) atoms. The third-order valence-corrected chi connectivity index (χ3v) is 13.8. The Morgan fingerprint density at radius 3 is 1.29 bits per heavy atom. The summed E-state index contributed by atoms with van der Waals surface area (Å²) in [5, 5.41) is 13.8. The number of allylic oxidation sites excluding steroid dienone is 11. The molecule has 0 aromatic rings. The Morgan fingerprint density at radius 2 is 0.857 bits per heavy atom. The maximum Gasteiger partial charge on any atom is 0.472 e. The number of nitrogens with zero attached hydrogens (tertiary/aromatic N) is 1. The topological polar surface area (TPSA) is 105 Å². The van der Waals surface area contributed by atoms with E-state index in [-0.39, 0.29) is 19.1 Å². The minimum absolute atomic E-state index is 0.0524. The van der Waals surface area contributed by atoms with Crippen LogP contribution in [0, 0.1) is 0 Å². The fourth-order valence-electron chi connectivity index (χ4n) is 8.27. The second kappa shape index (κ2) is 51.8. The van der Waals surface area contributed by atoms with Crippen LogP contribution in [0.1, 0.15) is 258 Å². The summed E-state index contributed by atoms with van der Waals surface area (Å²) in [7, 11) is 1.54. The summed E-state index contributed by atoms with van der Waals surface area (Å²) in [6, 6.07) is -0.869. The van der Waals surface area contributed by atoms with Gasteiger partial charge in [0.15, 0.2) is 0 Å². The Kier molecular flexibility index (Phi) is 50.3. The molecule has 0 radical (unpaired) electrons. The molecular formula is C61H114N2O6P+. The second-order valence-corrected chi connectivity index (χ2v) is 22.4. The van der Waals surface area contributed by atoms with Crippen molar-refractivity contribution in [3.05, 3.63) is 72.9 Å². The zero-order chi connectivity index (χ0) is 51.3. The Hall–Kier alpha value is -2.06. The number of nitrogens with one attached hydrogen (secondary N) is 1. The molecule has 0 aliphatic heterocycles. The highest BCUT2D eigenvalue weighted by Gasteiger charge is 2.27. The minimum atomic E-state index is -4.35. The van der Waals surface area contributed by atoms with Gasteiger partial charge in [0.2, 0.25) is 5.91 Å². The summed E-state index contributed by atoms with van der Waals surface area (Å²) in [6.45, 7) is 4.70. The van der Waals surface area contributed by atoms with E-state index in [9.17, 15) is 19.4 Å². The predicted molar refractivity (Wildman–Crippen MR) is 304 cm³/mol. The van der Waals surface area contributed by atoms with E-state index in [1.165, 1.54) is 173 Å². The number of unbranched alkanes of at least 4 members (excludes halogenated alkanes) is 30. The van der Waals surface area contributed by atoms with Crippen LogP contribution in [-0.2, 0) is 18.4 Å². The van der Waals surface area contributed by atoms with Gasteiger partial charge in [0.05, 0.1) is 39.9 Å². The first-order valence-electron chi connectivity index (χ1n) is 29.3. The van der Waals surface area contributed by atoms with Crippen LogP contribution in [0.15, 0.2) is 72.9 Å². The van der Waals surface area contributed by atoms with Crippen LogP contribution in [0.25, 0.3) is 0 Å². The van der Waals surface area contributed by atoms with Crippen molar-refractivity contribution in [2.24, 2.45) is 0 Å². The summed E-state index contributed by atoms with van der Waals surface area (Å²) in [6.07, 6.45) is 71.9. The van der Waals surface area contributed by atoms with Gasteiger partial charge in [-0.1, -0.05) is 247 Å². The SMILES string of the molecule is CCC/C=C/CC/C=C/CC/C=C/C(O)C(COP(=O)(O)OCC[N+](C)(C)C)NC(=O)CCCCCCCCCCCCCCCCCCCCCCCC/C=C\C/C=C\C/C=C\CCCCCCC. The molecule has 0 aromatic carbocycles. The Labute approximate surface area is 434 Å². The lowest BCUT2D eigenvalue weighted by Gasteiger charge is -2.25. The molecule has 0 saturated carbocycles. The fraction of sp³-hybridized carbons (Fsp3) is 0.787. The number of phosphoric ester groups is 1. The molecule has 0 fully saturated rings. The van der Waals surface area contributed by atoms with Crippen LogP contribution in [0.3, 0.4) is 0 Å². The first-order chi connectivity index (χ1) is 34.0. The maximum absolute atomic E-state index is 12.9. The first kappa shape index (κ1) is 67.9. The molecule has 8 nitrogen and oxygen atoms in total. The van der Waals surface area contributed by atoms with Crippen LogP contribution in [0.5, 0.6) is 0 Å². The van der Waals surface area contributed by atoms with E-state index in [1.807, 2.05) is 27.2 Å². The fourth-order valence-corrected chi connectivity index (χ4v) is 9.00. The summed E-state index contributed by atoms with van der Waals surface area (Å²) >= 11 is 0. The first-order valence-corrected chi connectivity index (χ1v) is 30.8. The molecule has 0 aliphatic carbocycles. The Balaban J connectivity index is 3.92. The zero-order valence-electron chi connectivity index (χ0n) is 46.5. The van der Waals surface area contributed by atoms with E-state index in [0.717, 1.165) is 64.2 Å². The van der Waals surface area contributed by atoms with E-state index in [1.54, 1.807) is 6.08 Å². The summed E-state index contributed by atoms with van der Waals surface area (Å²) in [5.74, 6) is -0.191. The zero-order valence-corrected chi connectivity index (χ0v) is 47.4. The van der Waals surface area contributed by atoms with Crippen LogP contribution < -0.4 is 5.32 Å². The van der Waals surface area contributed by atoms with Crippen LogP contribution in [-0.4, -0.2) is 73.4 Å². The molecule has 0 bridgehead atoms. The van der Waals surface area contributed by atoms with Gasteiger partial charge in [-0.2, -0.15) is 0 Å². The normalized spacial score (nSPS) is 14.4. The second-order valence-electron chi connectivity index (χ2n) is 21.0. The number of carbonyl (C=O) groups is 1. The van der Waals surface area contributed by atoms with Crippen molar-refractivity contribution in [1.82, 2.24) is 5.32 Å². The standard InChI is InChI=1S/C61H113N2O6P/c1-6-8-10-12-14-16-18-19-20-21-22-23-24-25-26-27-28-29-30-31-32-33-34-35-36-37-38-39-40-41-42-43-45-47-49-51-53-55-61(65)62-59(58-69-70(66,67)68-57-56-63(3,4)5)60(64)54-52-50-48-46-44-17-15-13-11-9-7-2/h11,13,18-19,21-22,24-25,44,46,52,54,59-60,64H,6-10,12,14-17,20,23,26-43,45,47-51,53,55-58H2,1-5H3,(H-,62,65,66,67)/p+1/b13-11+,19-18-,22-21-,25-24-,46-44+,54-52+. The number of phosphoric acid groups is 1. The number of aliphatic hydroxyl groups excluding tert-OH is 1. The quantitative estimate of drug-likeness (QED) is 0.0243. The van der Waals surface area contributed by atoms with Gasteiger partial charge in [-0.25, -0.2) is 4.57 Å². The van der Waals surface area contributed by atoms with E-state index in [4.69, 9.17) is 9.05 Å². The van der Waals surface area contributed by atoms with E-state index in [2.05, 4.69) is 79.9 Å². The molecule has 408 valence electrons. The molecule has 0 aromatic heterocycles. The Morgan fingerprint density at radius 1 is 0.486 bits per heavy atom. The Bertz CT molecular complexity index is 1370. The average molecular weight is 1000 g/mol. The van der Waals surface area contributed by atoms with Gasteiger partial charge < -0.3 is 19.8 Å². The van der Waals surface area contributed by atoms with Crippen molar-refractivity contribution >= 4 is 13.7 Å². The van der Waals surface area contributed by atoms with E-state index < -0.39 is 20.0 Å². The van der Waals surface area contributed by atoms with Gasteiger partial charge >= 0.3 is 7.82 Å². The lowest BCUT2D eigenvalue weighted by molar-refractivity contribution is -0.870. The summed E-state index contributed by atoms with van der Waals surface area (Å²) < 4.78 is 23.6. The van der Waals surface area contributed by atoms with Gasteiger partial charge in [0.1, 0.15) is 13.2 Å². The molecule has 0 spiro atoms. The molecule has 1 amide bonds. The number of carbonyl (C=O) groups excluding carboxylic acids is 1. The van der Waals surface area contributed by atoms with Crippen molar-refractivity contribution in [2.45, 2.75) is 270 Å². The largest absolute Gasteiger partial charge is 0.472 e. The third kappa shape index (κ3) is 53.7. The predicted octanol–water partition coefficient (Wildman–Crippen LogP) is 17.9. The lowest BCUT2D eigenvalue weighted by atomic mass is 10.0. The molecule has 0 aliphatic rings. The molecule has 3 unspecified atom stereocenters. The van der Waals surface area contributed by atoms with Gasteiger partial charge in [-0.05, 0) is 77.0 Å². The molecule has 3 atom stereocenters. The van der Waals surface area contributed by atoms with Gasteiger partial charge in [0, 0.05) is 6.42 Å². The van der Waals surface area contributed by atoms with Gasteiger partial charge in [-0.3, -0.25) is 13.8 Å². The van der Waals surface area contributed by atoms with Crippen LogP contribution in [0.4, 0.5) is 0 Å². The highest BCUT2D eigenvalue weighted by molar-refractivity contribution is 7.47. The molecule has 9 heteroatoms. The molecule has 0 rings (SSSR count). The van der Waals surface area contributed by atoms with Crippen LogP contribution >= 0.6 is 7.82 Å². The molecule has 0 heterocycles. The minimum Gasteiger partial charge on any atom is -0.387 e. The maximum atomic E-state index is 12.9. The monoisotopic (exact) mass is 1000 g/mol. The number of hydrogen-bond donors (Lipinski definition) is 3. The van der Waals surface area contributed by atoms with E-state index >= 15 is 0 Å². The molecular weight excluding hydrogens is 888 g/mol. The number of hydrogen-bond acceptors (Lipinski definition) is 5. The average Bonchev–Trinajstić information content (AvgIpc) is 3.32. The van der Waals surface area contributed by atoms with Gasteiger partial charge in [0.25, 0.3) is 0 Å². The van der Waals surface area contributed by atoms with E-state index in [0.29, 0.717) is 17.4 Å². The number of rotatable bonds is 53. The number of likely N-dealkylation sites (N-methyl/N-ethyl adjacent to an activating group) is 1. The highest BCUT2D eigenvalue weighted by atomic mass is 31.2. The smallest absolute Gasteiger partial charge is 0.387 e. The summed E-state index contributed by atoms with van der Waals surface area (Å²) in [5.41, 5.74) is 0. The molecule has 0 saturated heterocycles. The number of quaternary nitrogens is 1. The molecule has 3 N–H and O–H groups in total. The van der Waals surface area contributed by atoms with Crippen molar-refractivity contribution in [2.75, 3.05) is 40.9 Å². The van der Waals surface area contributed by atoms with Crippen molar-refractivity contribution in [3.63, 3.8) is 0 Å². The van der Waals surface area contributed by atoms with Crippen molar-refractivity contribution in [3.8, 4) is 0 Å². The number of aliphatic hydroxyl groups is 1. The van der Waals surface area contributed by atoms with Crippen LogP contribution in [0.2, 0.25) is 0 Å².